The van der Waals surface area contributed by atoms with Gasteiger partial charge >= 0.3 is 5.97 Å². The number of H-pyrrole nitrogens is 1. The summed E-state index contributed by atoms with van der Waals surface area (Å²) in [4.78, 5) is 41.3. The van der Waals surface area contributed by atoms with Gasteiger partial charge in [0.25, 0.3) is 5.91 Å². The predicted molar refractivity (Wildman–Crippen MR) is 140 cm³/mol. The average molecular weight is 534 g/mol. The molecule has 9 nitrogen and oxygen atoms in total. The molecule has 2 aromatic carbocycles. The fourth-order valence-electron chi connectivity index (χ4n) is 4.02. The molecule has 5 rings (SSSR count). The molecule has 3 N–H and O–H groups in total. The molecular formula is C26H20ClN5O4S. The van der Waals surface area contributed by atoms with Crippen molar-refractivity contribution in [3.63, 3.8) is 0 Å². The Morgan fingerprint density at radius 2 is 1.81 bits per heavy atom. The van der Waals surface area contributed by atoms with Crippen LogP contribution in [-0.2, 0) is 17.8 Å². The van der Waals surface area contributed by atoms with E-state index in [1.165, 1.54) is 0 Å². The Kier molecular flexibility index (Phi) is 6.60. The molecule has 186 valence electrons. The molecule has 0 bridgehead atoms. The Bertz CT molecular complexity index is 1640. The van der Waals surface area contributed by atoms with Crippen molar-refractivity contribution >= 4 is 51.5 Å². The fraction of sp³-hybridized carbons (Fsp3) is 0.115. The molecule has 0 atom stereocenters. The zero-order valence-electron chi connectivity index (χ0n) is 19.5. The topological polar surface area (TPSA) is 130 Å². The number of carboxylic acid groups (broad SMARTS) is 1. The number of rotatable bonds is 8. The van der Waals surface area contributed by atoms with Crippen LogP contribution in [0.3, 0.4) is 0 Å². The lowest BCUT2D eigenvalue weighted by Gasteiger charge is -2.10. The highest BCUT2D eigenvalue weighted by Gasteiger charge is 2.25. The van der Waals surface area contributed by atoms with Crippen molar-refractivity contribution in [2.45, 2.75) is 19.9 Å². The summed E-state index contributed by atoms with van der Waals surface area (Å²) in [5.74, 6) is -0.829. The standard InChI is InChI=1S/C26H20ClN5O4S/c1-14-30-31-22(13-28-25(36)21-10-15-6-2-5-9-20(15)29-21)32(14)26-18(11-16(37-26)12-23(33)34)24(35)17-7-3-4-8-19(17)27/h2-11,29H,12-13H2,1H3,(H,28,36)(H,33,34). The third-order valence-electron chi connectivity index (χ3n) is 5.73. The third-order valence-corrected chi connectivity index (χ3v) is 7.18. The number of aliphatic carboxylic acids is 1. The van der Waals surface area contributed by atoms with E-state index in [-0.39, 0.29) is 35.2 Å². The number of nitrogens with one attached hydrogen (secondary N) is 2. The van der Waals surface area contributed by atoms with Crippen LogP contribution in [0.15, 0.2) is 60.7 Å². The van der Waals surface area contributed by atoms with Gasteiger partial charge in [-0.05, 0) is 37.3 Å². The molecular weight excluding hydrogens is 514 g/mol. The summed E-state index contributed by atoms with van der Waals surface area (Å²) in [5, 5.41) is 22.2. The third kappa shape index (κ3) is 4.89. The van der Waals surface area contributed by atoms with Crippen LogP contribution in [0.5, 0.6) is 0 Å². The number of nitrogens with zero attached hydrogens (tertiary/aromatic N) is 3. The van der Waals surface area contributed by atoms with Crippen molar-refractivity contribution in [3.8, 4) is 5.00 Å². The summed E-state index contributed by atoms with van der Waals surface area (Å²) in [7, 11) is 0. The Hall–Kier alpha value is -4.28. The Balaban J connectivity index is 1.48. The number of ketones is 1. The van der Waals surface area contributed by atoms with Crippen LogP contribution in [0.25, 0.3) is 15.9 Å². The Morgan fingerprint density at radius 3 is 2.57 bits per heavy atom. The van der Waals surface area contributed by atoms with Crippen LogP contribution in [0.4, 0.5) is 0 Å². The van der Waals surface area contributed by atoms with Crippen molar-refractivity contribution in [1.29, 1.82) is 0 Å². The smallest absolute Gasteiger partial charge is 0.308 e. The molecule has 0 aliphatic carbocycles. The van der Waals surface area contributed by atoms with E-state index in [1.807, 2.05) is 24.3 Å². The monoisotopic (exact) mass is 533 g/mol. The van der Waals surface area contributed by atoms with Gasteiger partial charge in [0.05, 0.1) is 23.6 Å². The lowest BCUT2D eigenvalue weighted by atomic mass is 10.0. The molecule has 0 spiro atoms. The van der Waals surface area contributed by atoms with Gasteiger partial charge in [-0.25, -0.2) is 0 Å². The maximum Gasteiger partial charge on any atom is 0.308 e. The van der Waals surface area contributed by atoms with Gasteiger partial charge in [0, 0.05) is 21.3 Å². The molecule has 0 radical (unpaired) electrons. The number of aromatic amines is 1. The van der Waals surface area contributed by atoms with Crippen LogP contribution in [0, 0.1) is 6.92 Å². The van der Waals surface area contributed by atoms with Gasteiger partial charge in [-0.2, -0.15) is 0 Å². The number of aryl methyl sites for hydroxylation is 1. The van der Waals surface area contributed by atoms with E-state index in [0.717, 1.165) is 22.2 Å². The number of aromatic nitrogens is 4. The molecule has 0 saturated carbocycles. The molecule has 37 heavy (non-hydrogen) atoms. The zero-order chi connectivity index (χ0) is 26.1. The van der Waals surface area contributed by atoms with Gasteiger partial charge in [0.2, 0.25) is 0 Å². The molecule has 3 heterocycles. The first-order valence-electron chi connectivity index (χ1n) is 11.2. The van der Waals surface area contributed by atoms with Gasteiger partial charge in [-0.3, -0.25) is 19.0 Å². The highest BCUT2D eigenvalue weighted by atomic mass is 35.5. The van der Waals surface area contributed by atoms with E-state index in [1.54, 1.807) is 47.9 Å². The highest BCUT2D eigenvalue weighted by Crippen LogP contribution is 2.32. The minimum absolute atomic E-state index is 0.0287. The van der Waals surface area contributed by atoms with E-state index in [9.17, 15) is 19.5 Å². The summed E-state index contributed by atoms with van der Waals surface area (Å²) in [5.41, 5.74) is 1.82. The molecule has 5 aromatic rings. The van der Waals surface area contributed by atoms with Crippen molar-refractivity contribution < 1.29 is 19.5 Å². The second-order valence-corrected chi connectivity index (χ2v) is 9.79. The first-order valence-corrected chi connectivity index (χ1v) is 12.4. The van der Waals surface area contributed by atoms with Crippen molar-refractivity contribution in [1.82, 2.24) is 25.1 Å². The van der Waals surface area contributed by atoms with Gasteiger partial charge in [0.1, 0.15) is 16.5 Å². The average Bonchev–Trinajstić information content (AvgIpc) is 3.58. The molecule has 1 amide bonds. The van der Waals surface area contributed by atoms with E-state index in [0.29, 0.717) is 32.8 Å². The maximum atomic E-state index is 13.5. The molecule has 0 fully saturated rings. The van der Waals surface area contributed by atoms with Crippen molar-refractivity contribution in [3.05, 3.63) is 99.0 Å². The number of amides is 1. The number of para-hydroxylation sites is 1. The summed E-state index contributed by atoms with van der Waals surface area (Å²) < 4.78 is 1.66. The summed E-state index contributed by atoms with van der Waals surface area (Å²) in [6, 6.07) is 17.6. The molecule has 0 aliphatic rings. The Labute approximate surface area is 219 Å². The number of halogens is 1. The van der Waals surface area contributed by atoms with Crippen LogP contribution in [-0.4, -0.2) is 42.5 Å². The van der Waals surface area contributed by atoms with Gasteiger partial charge in [-0.1, -0.05) is 41.9 Å². The van der Waals surface area contributed by atoms with Gasteiger partial charge in [-0.15, -0.1) is 21.5 Å². The number of benzene rings is 2. The number of carbonyl (C=O) groups is 3. The first-order chi connectivity index (χ1) is 17.8. The second-order valence-electron chi connectivity index (χ2n) is 8.26. The lowest BCUT2D eigenvalue weighted by molar-refractivity contribution is -0.136. The van der Waals surface area contributed by atoms with Crippen LogP contribution < -0.4 is 5.32 Å². The Morgan fingerprint density at radius 1 is 1.05 bits per heavy atom. The molecule has 0 aliphatic heterocycles. The quantitative estimate of drug-likeness (QED) is 0.251. The number of hydrogen-bond donors (Lipinski definition) is 3. The molecule has 3 aromatic heterocycles. The normalized spacial score (nSPS) is 11.1. The lowest BCUT2D eigenvalue weighted by Crippen LogP contribution is -2.25. The summed E-state index contributed by atoms with van der Waals surface area (Å²) in [6.45, 7) is 1.75. The molecule has 11 heteroatoms. The zero-order valence-corrected chi connectivity index (χ0v) is 21.1. The minimum Gasteiger partial charge on any atom is -0.481 e. The predicted octanol–water partition coefficient (Wildman–Crippen LogP) is 4.56. The van der Waals surface area contributed by atoms with Gasteiger partial charge < -0.3 is 15.4 Å². The van der Waals surface area contributed by atoms with E-state index in [4.69, 9.17) is 11.6 Å². The number of thiophene rings is 1. The largest absolute Gasteiger partial charge is 0.481 e. The number of fused-ring (bicyclic) bond motifs is 1. The van der Waals surface area contributed by atoms with Crippen LogP contribution in [0.2, 0.25) is 5.02 Å². The van der Waals surface area contributed by atoms with E-state index >= 15 is 0 Å². The first kappa shape index (κ1) is 24.4. The van der Waals surface area contributed by atoms with Crippen LogP contribution in [0.1, 0.15) is 42.9 Å². The number of hydrogen-bond acceptors (Lipinski definition) is 6. The van der Waals surface area contributed by atoms with Crippen molar-refractivity contribution in [2.24, 2.45) is 0 Å². The van der Waals surface area contributed by atoms with Crippen LogP contribution >= 0.6 is 22.9 Å². The number of carbonyl (C=O) groups excluding carboxylic acids is 2. The van der Waals surface area contributed by atoms with Crippen molar-refractivity contribution in [2.75, 3.05) is 0 Å². The SMILES string of the molecule is Cc1nnc(CNC(=O)c2cc3ccccc3[nH]2)n1-c1sc(CC(=O)O)cc1C(=O)c1ccccc1Cl. The summed E-state index contributed by atoms with van der Waals surface area (Å²) >= 11 is 7.43. The highest BCUT2D eigenvalue weighted by molar-refractivity contribution is 7.15. The molecule has 0 saturated heterocycles. The van der Waals surface area contributed by atoms with Gasteiger partial charge in [0.15, 0.2) is 11.6 Å². The maximum absolute atomic E-state index is 13.5. The van der Waals surface area contributed by atoms with E-state index in [2.05, 4.69) is 20.5 Å². The minimum atomic E-state index is -1.02. The number of carboxylic acids is 1. The molecule has 0 unspecified atom stereocenters. The summed E-state index contributed by atoms with van der Waals surface area (Å²) in [6.07, 6.45) is -0.249. The van der Waals surface area contributed by atoms with E-state index < -0.39 is 5.97 Å². The fourth-order valence-corrected chi connectivity index (χ4v) is 5.45. The second kappa shape index (κ2) is 10.00.